The van der Waals surface area contributed by atoms with E-state index in [2.05, 4.69) is 19.9 Å². The summed E-state index contributed by atoms with van der Waals surface area (Å²) < 4.78 is 11.4. The SMILES string of the molecule is CC1(C)CC1(CO)c1ccc2c(c1)OCCCO2. The Morgan fingerprint density at radius 3 is 2.44 bits per heavy atom. The highest BCUT2D eigenvalue weighted by Crippen LogP contribution is 2.64. The molecule has 0 bridgehead atoms. The molecule has 18 heavy (non-hydrogen) atoms. The van der Waals surface area contributed by atoms with Crippen LogP contribution >= 0.6 is 0 Å². The molecule has 1 N–H and O–H groups in total. The Bertz CT molecular complexity index is 467. The molecule has 0 radical (unpaired) electrons. The van der Waals surface area contributed by atoms with E-state index in [0.717, 1.165) is 24.3 Å². The minimum absolute atomic E-state index is 0.0995. The van der Waals surface area contributed by atoms with Crippen LogP contribution in [0.4, 0.5) is 0 Å². The summed E-state index contributed by atoms with van der Waals surface area (Å²) in [7, 11) is 0. The Morgan fingerprint density at radius 2 is 1.83 bits per heavy atom. The van der Waals surface area contributed by atoms with Gasteiger partial charge in [-0.2, -0.15) is 0 Å². The maximum Gasteiger partial charge on any atom is 0.161 e. The highest BCUT2D eigenvalue weighted by atomic mass is 16.5. The first kappa shape index (κ1) is 11.8. The van der Waals surface area contributed by atoms with E-state index in [9.17, 15) is 5.11 Å². The van der Waals surface area contributed by atoms with Crippen molar-refractivity contribution >= 4 is 0 Å². The lowest BCUT2D eigenvalue weighted by Crippen LogP contribution is -2.19. The van der Waals surface area contributed by atoms with Crippen LogP contribution in [0.15, 0.2) is 18.2 Å². The van der Waals surface area contributed by atoms with E-state index in [1.54, 1.807) is 0 Å². The number of aliphatic hydroxyl groups is 1. The third-order valence-electron chi connectivity index (χ3n) is 4.48. The minimum atomic E-state index is -0.0995. The quantitative estimate of drug-likeness (QED) is 0.874. The van der Waals surface area contributed by atoms with Crippen molar-refractivity contribution in [2.24, 2.45) is 5.41 Å². The number of hydrogen-bond donors (Lipinski definition) is 1. The van der Waals surface area contributed by atoms with Gasteiger partial charge in [0.15, 0.2) is 11.5 Å². The Kier molecular flexibility index (Phi) is 2.56. The second-order valence-electron chi connectivity index (χ2n) is 6.01. The molecule has 0 spiro atoms. The van der Waals surface area contributed by atoms with Gasteiger partial charge in [0.05, 0.1) is 19.8 Å². The molecule has 0 amide bonds. The molecule has 1 aliphatic carbocycles. The first-order chi connectivity index (χ1) is 8.59. The molecule has 1 unspecified atom stereocenters. The predicted octanol–water partition coefficient (Wildman–Crippen LogP) is 2.51. The zero-order valence-corrected chi connectivity index (χ0v) is 11.0. The second kappa shape index (κ2) is 3.89. The van der Waals surface area contributed by atoms with Gasteiger partial charge in [0.2, 0.25) is 0 Å². The maximum atomic E-state index is 9.73. The lowest BCUT2D eigenvalue weighted by atomic mass is 9.88. The van der Waals surface area contributed by atoms with Crippen LogP contribution in [-0.2, 0) is 5.41 Å². The molecule has 3 nitrogen and oxygen atoms in total. The normalized spacial score (nSPS) is 28.6. The van der Waals surface area contributed by atoms with Gasteiger partial charge in [-0.1, -0.05) is 19.9 Å². The average molecular weight is 248 g/mol. The van der Waals surface area contributed by atoms with E-state index in [0.29, 0.717) is 13.2 Å². The second-order valence-corrected chi connectivity index (χ2v) is 6.01. The van der Waals surface area contributed by atoms with Crippen LogP contribution in [0.1, 0.15) is 32.3 Å². The standard InChI is InChI=1S/C15H20O3/c1-14(2)9-15(14,10-16)11-4-5-12-13(8-11)18-7-3-6-17-12/h4-5,8,16H,3,6-7,9-10H2,1-2H3. The maximum absolute atomic E-state index is 9.73. The highest BCUT2D eigenvalue weighted by Gasteiger charge is 2.61. The summed E-state index contributed by atoms with van der Waals surface area (Å²) in [6.07, 6.45) is 1.94. The molecule has 3 heteroatoms. The van der Waals surface area contributed by atoms with Crippen molar-refractivity contribution in [2.45, 2.75) is 32.1 Å². The van der Waals surface area contributed by atoms with Crippen LogP contribution in [0.2, 0.25) is 0 Å². The molecule has 1 aromatic rings. The fourth-order valence-electron chi connectivity index (χ4n) is 3.03. The van der Waals surface area contributed by atoms with Crippen molar-refractivity contribution in [2.75, 3.05) is 19.8 Å². The topological polar surface area (TPSA) is 38.7 Å². The van der Waals surface area contributed by atoms with Crippen molar-refractivity contribution in [3.63, 3.8) is 0 Å². The van der Waals surface area contributed by atoms with E-state index in [-0.39, 0.29) is 17.4 Å². The van der Waals surface area contributed by atoms with E-state index in [1.807, 2.05) is 12.1 Å². The van der Waals surface area contributed by atoms with Gasteiger partial charge in [0.1, 0.15) is 0 Å². The Balaban J connectivity index is 1.98. The van der Waals surface area contributed by atoms with Crippen LogP contribution in [0.3, 0.4) is 0 Å². The summed E-state index contributed by atoms with van der Waals surface area (Å²) in [6, 6.07) is 6.09. The molecule has 98 valence electrons. The number of hydrogen-bond acceptors (Lipinski definition) is 3. The van der Waals surface area contributed by atoms with Crippen molar-refractivity contribution in [3.05, 3.63) is 23.8 Å². The molecule has 1 saturated carbocycles. The number of ether oxygens (including phenoxy) is 2. The molecule has 1 fully saturated rings. The van der Waals surface area contributed by atoms with E-state index in [4.69, 9.17) is 9.47 Å². The smallest absolute Gasteiger partial charge is 0.161 e. The summed E-state index contributed by atoms with van der Waals surface area (Å²) in [5, 5.41) is 9.73. The van der Waals surface area contributed by atoms with Gasteiger partial charge in [-0.3, -0.25) is 0 Å². The first-order valence-corrected chi connectivity index (χ1v) is 6.60. The minimum Gasteiger partial charge on any atom is -0.490 e. The van der Waals surface area contributed by atoms with Gasteiger partial charge in [-0.25, -0.2) is 0 Å². The van der Waals surface area contributed by atoms with Gasteiger partial charge in [0.25, 0.3) is 0 Å². The first-order valence-electron chi connectivity index (χ1n) is 6.60. The number of benzene rings is 1. The van der Waals surface area contributed by atoms with Crippen LogP contribution in [-0.4, -0.2) is 24.9 Å². The van der Waals surface area contributed by atoms with Gasteiger partial charge >= 0.3 is 0 Å². The molecule has 1 atom stereocenters. The number of fused-ring (bicyclic) bond motifs is 1. The fraction of sp³-hybridized carbons (Fsp3) is 0.600. The van der Waals surface area contributed by atoms with Gasteiger partial charge in [-0.05, 0) is 29.5 Å². The highest BCUT2D eigenvalue weighted by molar-refractivity contribution is 5.49. The van der Waals surface area contributed by atoms with Crippen LogP contribution < -0.4 is 9.47 Å². The van der Waals surface area contributed by atoms with Gasteiger partial charge < -0.3 is 14.6 Å². The molecular formula is C15H20O3. The van der Waals surface area contributed by atoms with Crippen molar-refractivity contribution in [1.29, 1.82) is 0 Å². The Morgan fingerprint density at radius 1 is 1.17 bits per heavy atom. The van der Waals surface area contributed by atoms with Crippen LogP contribution in [0.5, 0.6) is 11.5 Å². The predicted molar refractivity (Wildman–Crippen MR) is 69.2 cm³/mol. The molecular weight excluding hydrogens is 228 g/mol. The van der Waals surface area contributed by atoms with Crippen molar-refractivity contribution in [1.82, 2.24) is 0 Å². The number of aliphatic hydroxyl groups excluding tert-OH is 1. The van der Waals surface area contributed by atoms with E-state index >= 15 is 0 Å². The molecule has 0 saturated heterocycles. The third-order valence-corrected chi connectivity index (χ3v) is 4.48. The van der Waals surface area contributed by atoms with E-state index in [1.165, 1.54) is 5.56 Å². The Hall–Kier alpha value is -1.22. The zero-order chi connectivity index (χ0) is 12.8. The summed E-state index contributed by atoms with van der Waals surface area (Å²) in [5.74, 6) is 1.64. The van der Waals surface area contributed by atoms with Gasteiger partial charge in [-0.15, -0.1) is 0 Å². The summed E-state index contributed by atoms with van der Waals surface area (Å²) >= 11 is 0. The monoisotopic (exact) mass is 248 g/mol. The summed E-state index contributed by atoms with van der Waals surface area (Å²) in [5.41, 5.74) is 1.23. The lowest BCUT2D eigenvalue weighted by Gasteiger charge is -2.20. The van der Waals surface area contributed by atoms with E-state index < -0.39 is 0 Å². The molecule has 2 aliphatic rings. The van der Waals surface area contributed by atoms with Gasteiger partial charge in [0, 0.05) is 11.8 Å². The lowest BCUT2D eigenvalue weighted by molar-refractivity contribution is 0.231. The molecule has 1 aliphatic heterocycles. The summed E-state index contributed by atoms with van der Waals surface area (Å²) in [6.45, 7) is 6.01. The van der Waals surface area contributed by atoms with Crippen molar-refractivity contribution in [3.8, 4) is 11.5 Å². The average Bonchev–Trinajstić information content (AvgIpc) is 3.00. The molecule has 1 aromatic carbocycles. The largest absolute Gasteiger partial charge is 0.490 e. The molecule has 3 rings (SSSR count). The zero-order valence-electron chi connectivity index (χ0n) is 11.0. The van der Waals surface area contributed by atoms with Crippen LogP contribution in [0.25, 0.3) is 0 Å². The Labute approximate surface area is 108 Å². The molecule has 0 aromatic heterocycles. The third kappa shape index (κ3) is 1.61. The number of rotatable bonds is 2. The van der Waals surface area contributed by atoms with Crippen molar-refractivity contribution < 1.29 is 14.6 Å². The molecule has 1 heterocycles. The van der Waals surface area contributed by atoms with Crippen LogP contribution in [0, 0.1) is 5.41 Å². The fourth-order valence-corrected chi connectivity index (χ4v) is 3.03. The summed E-state index contributed by atoms with van der Waals surface area (Å²) in [4.78, 5) is 0.